The van der Waals surface area contributed by atoms with E-state index in [4.69, 9.17) is 4.74 Å². The number of fused-ring (bicyclic) bond motifs is 1. The van der Waals surface area contributed by atoms with Gasteiger partial charge in [-0.1, -0.05) is 23.9 Å². The maximum atomic E-state index is 12.8. The van der Waals surface area contributed by atoms with Gasteiger partial charge in [-0.3, -0.25) is 4.79 Å². The number of ether oxygens (including phenoxy) is 1. The number of thioether (sulfide) groups is 1. The second-order valence-corrected chi connectivity index (χ2v) is 8.75. The van der Waals surface area contributed by atoms with Crippen molar-refractivity contribution in [1.29, 1.82) is 0 Å². The number of hydrogen-bond donors (Lipinski definition) is 1. The van der Waals surface area contributed by atoms with E-state index >= 15 is 0 Å². The Morgan fingerprint density at radius 2 is 2.00 bits per heavy atom. The second-order valence-electron chi connectivity index (χ2n) is 6.22. The normalized spacial score (nSPS) is 12.2. The molecule has 0 unspecified atom stereocenters. The number of nitrogens with one attached hydrogen (secondary N) is 1. The summed E-state index contributed by atoms with van der Waals surface area (Å²) in [6.07, 6.45) is 0. The Hall–Kier alpha value is -2.12. The Bertz CT molecular complexity index is 985. The van der Waals surface area contributed by atoms with Crippen molar-refractivity contribution >= 4 is 44.9 Å². The predicted octanol–water partition coefficient (Wildman–Crippen LogP) is 5.13. The van der Waals surface area contributed by atoms with Crippen LogP contribution < -0.4 is 10.1 Å². The molecule has 1 atom stereocenters. The minimum atomic E-state index is -0.309. The van der Waals surface area contributed by atoms with Gasteiger partial charge in [0, 0.05) is 10.3 Å². The van der Waals surface area contributed by atoms with Crippen LogP contribution in [0.4, 0.5) is 5.69 Å². The zero-order chi connectivity index (χ0) is 19.6. The molecule has 5 nitrogen and oxygen atoms in total. The van der Waals surface area contributed by atoms with Gasteiger partial charge in [-0.05, 0) is 52.3 Å². The fourth-order valence-electron chi connectivity index (χ4n) is 2.71. The Balaban J connectivity index is 1.82. The summed E-state index contributed by atoms with van der Waals surface area (Å²) in [5.74, 6) is 1.32. The van der Waals surface area contributed by atoms with Crippen LogP contribution in [0, 0.1) is 20.8 Å². The van der Waals surface area contributed by atoms with Crippen LogP contribution in [0.2, 0.25) is 0 Å². The van der Waals surface area contributed by atoms with Crippen LogP contribution >= 0.6 is 23.1 Å². The number of amides is 1. The quantitative estimate of drug-likeness (QED) is 0.458. The molecule has 3 rings (SSSR count). The summed E-state index contributed by atoms with van der Waals surface area (Å²) in [7, 11) is 0. The van der Waals surface area contributed by atoms with Crippen molar-refractivity contribution in [3.8, 4) is 5.75 Å². The first-order chi connectivity index (χ1) is 12.9. The van der Waals surface area contributed by atoms with Gasteiger partial charge in [-0.2, -0.15) is 0 Å². The molecule has 0 bridgehead atoms. The summed E-state index contributed by atoms with van der Waals surface area (Å²) >= 11 is 3.14. The van der Waals surface area contributed by atoms with Gasteiger partial charge in [0.1, 0.15) is 21.4 Å². The molecule has 0 aliphatic rings. The molecule has 0 saturated heterocycles. The van der Waals surface area contributed by atoms with Crippen molar-refractivity contribution in [1.82, 2.24) is 9.97 Å². The molecule has 0 spiro atoms. The average Bonchev–Trinajstić information content (AvgIpc) is 2.90. The Morgan fingerprint density at radius 3 is 2.74 bits per heavy atom. The summed E-state index contributed by atoms with van der Waals surface area (Å²) in [5, 5.41) is 4.58. The number of para-hydroxylation sites is 2. The minimum absolute atomic E-state index is 0.0822. The molecule has 1 N–H and O–H groups in total. The Labute approximate surface area is 167 Å². The first-order valence-electron chi connectivity index (χ1n) is 8.84. The first kappa shape index (κ1) is 19.6. The Kier molecular flexibility index (Phi) is 6.01. The van der Waals surface area contributed by atoms with Crippen molar-refractivity contribution in [3.05, 3.63) is 40.5 Å². The maximum absolute atomic E-state index is 12.8. The minimum Gasteiger partial charge on any atom is -0.492 e. The van der Waals surface area contributed by atoms with Crippen molar-refractivity contribution < 1.29 is 9.53 Å². The van der Waals surface area contributed by atoms with Crippen LogP contribution in [0.3, 0.4) is 0 Å². The third kappa shape index (κ3) is 4.25. The largest absolute Gasteiger partial charge is 0.492 e. The monoisotopic (exact) mass is 401 g/mol. The summed E-state index contributed by atoms with van der Waals surface area (Å²) in [6.45, 7) is 10.4. The van der Waals surface area contributed by atoms with Gasteiger partial charge in [0.25, 0.3) is 0 Å². The molecule has 3 aromatic rings. The average molecular weight is 402 g/mol. The van der Waals surface area contributed by atoms with E-state index in [9.17, 15) is 4.79 Å². The highest BCUT2D eigenvalue weighted by atomic mass is 32.2. The molecule has 0 saturated carbocycles. The predicted molar refractivity (Wildman–Crippen MR) is 113 cm³/mol. The van der Waals surface area contributed by atoms with Crippen molar-refractivity contribution in [2.45, 2.75) is 44.9 Å². The number of hydrogen-bond acceptors (Lipinski definition) is 6. The summed E-state index contributed by atoms with van der Waals surface area (Å²) in [5.41, 5.74) is 1.87. The molecular formula is C20H23N3O2S2. The van der Waals surface area contributed by atoms with Crippen molar-refractivity contribution in [3.63, 3.8) is 0 Å². The van der Waals surface area contributed by atoms with Crippen LogP contribution in [0.15, 0.2) is 29.3 Å². The topological polar surface area (TPSA) is 64.1 Å². The first-order valence-corrected chi connectivity index (χ1v) is 10.5. The summed E-state index contributed by atoms with van der Waals surface area (Å²) < 4.78 is 5.59. The highest BCUT2D eigenvalue weighted by Gasteiger charge is 2.21. The molecule has 27 heavy (non-hydrogen) atoms. The second kappa shape index (κ2) is 8.27. The van der Waals surface area contributed by atoms with E-state index in [0.29, 0.717) is 18.0 Å². The molecule has 0 fully saturated rings. The standard InChI is InChI=1S/C20H23N3O2S2/c1-6-25-16-10-8-7-9-15(16)23-18(24)13(4)27-20-17-11(2)12(3)26-19(17)21-14(5)22-20/h7-10,13H,6H2,1-5H3,(H,23,24)/t13-/m1/s1. The number of aromatic nitrogens is 2. The van der Waals surface area contributed by atoms with E-state index in [1.165, 1.54) is 22.2 Å². The third-order valence-corrected chi connectivity index (χ3v) is 6.40. The van der Waals surface area contributed by atoms with Gasteiger partial charge in [-0.25, -0.2) is 9.97 Å². The molecule has 7 heteroatoms. The molecule has 142 valence electrons. The van der Waals surface area contributed by atoms with E-state index < -0.39 is 0 Å². The summed E-state index contributed by atoms with van der Waals surface area (Å²) in [6, 6.07) is 7.47. The van der Waals surface area contributed by atoms with Crippen LogP contribution in [0.25, 0.3) is 10.2 Å². The Morgan fingerprint density at radius 1 is 1.26 bits per heavy atom. The number of aryl methyl sites for hydroxylation is 3. The number of carbonyl (C=O) groups is 1. The van der Waals surface area contributed by atoms with E-state index in [1.807, 2.05) is 45.0 Å². The van der Waals surface area contributed by atoms with Gasteiger partial charge < -0.3 is 10.1 Å². The third-order valence-electron chi connectivity index (χ3n) is 4.21. The van der Waals surface area contributed by atoms with Gasteiger partial charge in [0.2, 0.25) is 5.91 Å². The number of benzene rings is 1. The van der Waals surface area contributed by atoms with Gasteiger partial charge >= 0.3 is 0 Å². The summed E-state index contributed by atoms with van der Waals surface area (Å²) in [4.78, 5) is 24.1. The molecule has 0 aliphatic carbocycles. The van der Waals surface area contributed by atoms with Gasteiger partial charge in [0.15, 0.2) is 0 Å². The van der Waals surface area contributed by atoms with Crippen molar-refractivity contribution in [2.75, 3.05) is 11.9 Å². The van der Waals surface area contributed by atoms with Crippen molar-refractivity contribution in [2.24, 2.45) is 0 Å². The molecule has 2 heterocycles. The number of carbonyl (C=O) groups excluding carboxylic acids is 1. The maximum Gasteiger partial charge on any atom is 0.237 e. The fourth-order valence-corrected chi connectivity index (χ4v) is 4.90. The lowest BCUT2D eigenvalue weighted by atomic mass is 10.2. The van der Waals surface area contributed by atoms with Gasteiger partial charge in [0.05, 0.1) is 17.5 Å². The van der Waals surface area contributed by atoms with Crippen LogP contribution in [0.5, 0.6) is 5.75 Å². The number of anilines is 1. The highest BCUT2D eigenvalue weighted by molar-refractivity contribution is 8.00. The molecule has 1 aromatic carbocycles. The lowest BCUT2D eigenvalue weighted by Crippen LogP contribution is -2.23. The lowest BCUT2D eigenvalue weighted by Gasteiger charge is -2.15. The molecule has 2 aromatic heterocycles. The SMILES string of the molecule is CCOc1ccccc1NC(=O)[C@@H](C)Sc1nc(C)nc2sc(C)c(C)c12. The van der Waals surface area contributed by atoms with E-state index in [2.05, 4.69) is 29.1 Å². The number of thiophene rings is 1. The van der Waals surface area contributed by atoms with E-state index in [1.54, 1.807) is 11.3 Å². The van der Waals surface area contributed by atoms with Crippen LogP contribution in [0.1, 0.15) is 30.1 Å². The van der Waals surface area contributed by atoms with Crippen LogP contribution in [-0.4, -0.2) is 27.7 Å². The lowest BCUT2D eigenvalue weighted by molar-refractivity contribution is -0.115. The van der Waals surface area contributed by atoms with E-state index in [-0.39, 0.29) is 11.2 Å². The molecule has 0 aliphatic heterocycles. The zero-order valence-electron chi connectivity index (χ0n) is 16.1. The number of nitrogens with zero attached hydrogens (tertiary/aromatic N) is 2. The fraction of sp³-hybridized carbons (Fsp3) is 0.350. The number of rotatable bonds is 6. The highest BCUT2D eigenvalue weighted by Crippen LogP contribution is 2.37. The zero-order valence-corrected chi connectivity index (χ0v) is 17.8. The molecule has 0 radical (unpaired) electrons. The smallest absolute Gasteiger partial charge is 0.237 e. The molecule has 1 amide bonds. The van der Waals surface area contributed by atoms with Crippen LogP contribution in [-0.2, 0) is 4.79 Å². The van der Waals surface area contributed by atoms with E-state index in [0.717, 1.165) is 21.1 Å². The van der Waals surface area contributed by atoms with Gasteiger partial charge in [-0.15, -0.1) is 11.3 Å². The molecular weight excluding hydrogens is 378 g/mol.